The van der Waals surface area contributed by atoms with Crippen LogP contribution in [0.4, 0.5) is 5.82 Å². The minimum absolute atomic E-state index is 0.0950. The van der Waals surface area contributed by atoms with Crippen molar-refractivity contribution in [3.8, 4) is 0 Å². The predicted octanol–water partition coefficient (Wildman–Crippen LogP) is 1.79. The van der Waals surface area contributed by atoms with Crippen LogP contribution in [0.3, 0.4) is 0 Å². The minimum atomic E-state index is -0.935. The van der Waals surface area contributed by atoms with E-state index in [0.717, 1.165) is 30.9 Å². The molecule has 1 aromatic heterocycles. The molecule has 25 heavy (non-hydrogen) atoms. The fourth-order valence-corrected chi connectivity index (χ4v) is 2.57. The lowest BCUT2D eigenvalue weighted by Crippen LogP contribution is -2.36. The fraction of sp³-hybridized carbons (Fsp3) is 0.529. The molecule has 1 aliphatic rings. The molecule has 2 rings (SSSR count). The Morgan fingerprint density at radius 1 is 1.44 bits per heavy atom. The molecule has 1 aliphatic heterocycles. The number of pyridine rings is 1. The number of carboxylic acid groups (broad SMARTS) is 1. The van der Waals surface area contributed by atoms with Gasteiger partial charge < -0.3 is 20.6 Å². The first-order valence-electron chi connectivity index (χ1n) is 8.40. The highest BCUT2D eigenvalue weighted by Gasteiger charge is 2.24. The molecule has 0 spiro atoms. The van der Waals surface area contributed by atoms with E-state index in [-0.39, 0.29) is 24.9 Å². The molecular formula is C17H24N4O4. The molecule has 0 saturated heterocycles. The van der Waals surface area contributed by atoms with E-state index < -0.39 is 12.0 Å². The summed E-state index contributed by atoms with van der Waals surface area (Å²) in [6.45, 7) is 2.45. The third-order valence-electron chi connectivity index (χ3n) is 3.71. The first-order chi connectivity index (χ1) is 12.0. The van der Waals surface area contributed by atoms with E-state index in [1.54, 1.807) is 13.1 Å². The van der Waals surface area contributed by atoms with Crippen molar-refractivity contribution >= 4 is 23.4 Å². The van der Waals surface area contributed by atoms with Crippen molar-refractivity contribution in [3.05, 3.63) is 24.4 Å². The first-order valence-corrected chi connectivity index (χ1v) is 8.40. The third kappa shape index (κ3) is 7.19. The van der Waals surface area contributed by atoms with Crippen molar-refractivity contribution in [3.63, 3.8) is 0 Å². The fourth-order valence-electron chi connectivity index (χ4n) is 2.57. The summed E-state index contributed by atoms with van der Waals surface area (Å²) in [5.74, 6) is -0.306. The average Bonchev–Trinajstić information content (AvgIpc) is 2.99. The van der Waals surface area contributed by atoms with Gasteiger partial charge in [-0.15, -0.1) is 0 Å². The van der Waals surface area contributed by atoms with Gasteiger partial charge in [0.1, 0.15) is 11.9 Å². The highest BCUT2D eigenvalue weighted by molar-refractivity contribution is 5.86. The second kappa shape index (κ2) is 9.61. The lowest BCUT2D eigenvalue weighted by molar-refractivity contribution is -0.137. The van der Waals surface area contributed by atoms with E-state index in [1.165, 1.54) is 0 Å². The first kappa shape index (κ1) is 18.7. The second-order valence-corrected chi connectivity index (χ2v) is 6.10. The lowest BCUT2D eigenvalue weighted by Gasteiger charge is -2.13. The number of aliphatic carboxylic acids is 1. The van der Waals surface area contributed by atoms with Gasteiger partial charge in [-0.25, -0.2) is 4.98 Å². The van der Waals surface area contributed by atoms with Gasteiger partial charge in [-0.1, -0.05) is 11.2 Å². The molecule has 0 saturated carbocycles. The molecule has 8 heteroatoms. The van der Waals surface area contributed by atoms with Crippen molar-refractivity contribution in [2.45, 2.75) is 51.2 Å². The van der Waals surface area contributed by atoms with Gasteiger partial charge in [0.05, 0.1) is 18.6 Å². The topological polar surface area (TPSA) is 113 Å². The summed E-state index contributed by atoms with van der Waals surface area (Å²) in [6.07, 6.45) is 3.89. The maximum atomic E-state index is 11.9. The number of carboxylic acids is 1. The van der Waals surface area contributed by atoms with Crippen molar-refractivity contribution < 1.29 is 19.5 Å². The Bertz CT molecular complexity index is 606. The molecule has 0 aliphatic carbocycles. The van der Waals surface area contributed by atoms with Gasteiger partial charge in [0.2, 0.25) is 5.91 Å². The number of amides is 1. The molecule has 0 fully saturated rings. The molecular weight excluding hydrogens is 324 g/mol. The summed E-state index contributed by atoms with van der Waals surface area (Å²) in [4.78, 5) is 31.9. The van der Waals surface area contributed by atoms with Crippen LogP contribution in [0.2, 0.25) is 0 Å². The van der Waals surface area contributed by atoms with Crippen molar-refractivity contribution in [2.24, 2.45) is 5.16 Å². The zero-order valence-corrected chi connectivity index (χ0v) is 14.3. The molecule has 0 aromatic carbocycles. The number of nitrogens with zero attached hydrogens (tertiary/aromatic N) is 2. The van der Waals surface area contributed by atoms with Gasteiger partial charge in [-0.05, 0) is 31.9 Å². The zero-order chi connectivity index (χ0) is 18.1. The number of aromatic nitrogens is 1. The summed E-state index contributed by atoms with van der Waals surface area (Å²) >= 11 is 0. The second-order valence-electron chi connectivity index (χ2n) is 6.10. The molecule has 0 radical (unpaired) electrons. The zero-order valence-electron chi connectivity index (χ0n) is 14.3. The van der Waals surface area contributed by atoms with Crippen LogP contribution in [0, 0.1) is 0 Å². The Morgan fingerprint density at radius 3 is 3.00 bits per heavy atom. The Labute approximate surface area is 146 Å². The van der Waals surface area contributed by atoms with Gasteiger partial charge in [-0.3, -0.25) is 9.59 Å². The normalized spacial score (nSPS) is 17.3. The van der Waals surface area contributed by atoms with E-state index in [9.17, 15) is 9.59 Å². The van der Waals surface area contributed by atoms with Crippen LogP contribution in [-0.2, 0) is 14.4 Å². The summed E-state index contributed by atoms with van der Waals surface area (Å²) in [5.41, 5.74) is 0.944. The van der Waals surface area contributed by atoms with Gasteiger partial charge >= 0.3 is 5.97 Å². The summed E-state index contributed by atoms with van der Waals surface area (Å²) in [5, 5.41) is 18.6. The Balaban J connectivity index is 1.59. The van der Waals surface area contributed by atoms with Crippen molar-refractivity contribution in [1.29, 1.82) is 0 Å². The van der Waals surface area contributed by atoms with Gasteiger partial charge in [0.15, 0.2) is 0 Å². The molecule has 0 bridgehead atoms. The van der Waals surface area contributed by atoms with Crippen LogP contribution in [0.5, 0.6) is 0 Å². The number of carbonyl (C=O) groups is 2. The van der Waals surface area contributed by atoms with Gasteiger partial charge in [-0.2, -0.15) is 0 Å². The number of hydrogen-bond donors (Lipinski definition) is 3. The maximum absolute atomic E-state index is 11.9. The molecule has 3 N–H and O–H groups in total. The van der Waals surface area contributed by atoms with Crippen LogP contribution in [0.25, 0.3) is 0 Å². The van der Waals surface area contributed by atoms with E-state index in [0.29, 0.717) is 6.42 Å². The highest BCUT2D eigenvalue weighted by Crippen LogP contribution is 2.17. The Hall–Kier alpha value is -2.64. The lowest BCUT2D eigenvalue weighted by atomic mass is 10.1. The van der Waals surface area contributed by atoms with Crippen LogP contribution < -0.4 is 10.6 Å². The van der Waals surface area contributed by atoms with Gasteiger partial charge in [0.25, 0.3) is 0 Å². The van der Waals surface area contributed by atoms with Gasteiger partial charge in [0, 0.05) is 25.2 Å². The number of anilines is 1. The van der Waals surface area contributed by atoms with Crippen LogP contribution in [-0.4, -0.2) is 46.4 Å². The smallest absolute Gasteiger partial charge is 0.305 e. The van der Waals surface area contributed by atoms with Crippen molar-refractivity contribution in [1.82, 2.24) is 10.3 Å². The highest BCUT2D eigenvalue weighted by atomic mass is 16.6. The van der Waals surface area contributed by atoms with Crippen LogP contribution >= 0.6 is 0 Å². The quantitative estimate of drug-likeness (QED) is 0.556. The molecule has 136 valence electrons. The van der Waals surface area contributed by atoms with E-state index in [2.05, 4.69) is 20.8 Å². The largest absolute Gasteiger partial charge is 0.481 e. The summed E-state index contributed by atoms with van der Waals surface area (Å²) < 4.78 is 0. The van der Waals surface area contributed by atoms with E-state index in [4.69, 9.17) is 9.94 Å². The summed E-state index contributed by atoms with van der Waals surface area (Å²) in [7, 11) is 0. The molecule has 1 aromatic rings. The third-order valence-corrected chi connectivity index (χ3v) is 3.71. The number of carbonyl (C=O) groups excluding carboxylic acids is 1. The van der Waals surface area contributed by atoms with E-state index in [1.807, 2.05) is 18.2 Å². The number of nitrogens with one attached hydrogen (secondary N) is 2. The number of rotatable bonds is 10. The van der Waals surface area contributed by atoms with Crippen LogP contribution in [0.15, 0.2) is 29.6 Å². The molecule has 2 unspecified atom stereocenters. The SMILES string of the molecule is CC(CC(=O)O)NC(=O)CC1CC(CCCNc2ccccn2)=NO1. The Kier molecular flexibility index (Phi) is 7.18. The molecule has 8 nitrogen and oxygen atoms in total. The Morgan fingerprint density at radius 2 is 2.28 bits per heavy atom. The molecule has 2 atom stereocenters. The minimum Gasteiger partial charge on any atom is -0.481 e. The standard InChI is InChI=1S/C17H24N4O4/c1-12(9-17(23)24)20-16(22)11-14-10-13(21-25-14)5-4-8-19-15-6-2-3-7-18-15/h2-3,6-7,12,14H,4-5,8-11H2,1H3,(H,18,19)(H,20,22)(H,23,24). The number of hydrogen-bond acceptors (Lipinski definition) is 6. The summed E-state index contributed by atoms with van der Waals surface area (Å²) in [6, 6.07) is 5.31. The monoisotopic (exact) mass is 348 g/mol. The number of oxime groups is 1. The molecule has 1 amide bonds. The molecule has 2 heterocycles. The van der Waals surface area contributed by atoms with Crippen molar-refractivity contribution in [2.75, 3.05) is 11.9 Å². The van der Waals surface area contributed by atoms with Crippen LogP contribution in [0.1, 0.15) is 39.0 Å². The van der Waals surface area contributed by atoms with E-state index >= 15 is 0 Å². The maximum Gasteiger partial charge on any atom is 0.305 e. The average molecular weight is 348 g/mol. The predicted molar refractivity (Wildman–Crippen MR) is 93.4 cm³/mol.